The fourth-order valence-electron chi connectivity index (χ4n) is 4.54. The first-order valence-electron chi connectivity index (χ1n) is 14.8. The minimum Gasteiger partial charge on any atom is -0.464 e. The van der Waals surface area contributed by atoms with Gasteiger partial charge in [-0.1, -0.05) is 87.2 Å². The van der Waals surface area contributed by atoms with Crippen LogP contribution < -0.4 is 5.32 Å². The van der Waals surface area contributed by atoms with Crippen molar-refractivity contribution in [3.05, 3.63) is 101 Å². The van der Waals surface area contributed by atoms with Gasteiger partial charge in [0.25, 0.3) is 0 Å². The molecular weight excluding hydrogens is 538 g/mol. The SMILES string of the molecule is CCCCCCCN(CCc1ccc(CC(OCc2ccccc2)C(=O)OCC)cc1)C(=O)Nc1ccc(F)cc1F. The molecule has 0 fully saturated rings. The van der Waals surface area contributed by atoms with Crippen LogP contribution in [0.4, 0.5) is 19.3 Å². The van der Waals surface area contributed by atoms with Gasteiger partial charge in [0.1, 0.15) is 11.6 Å². The maximum atomic E-state index is 14.2. The number of rotatable bonds is 17. The summed E-state index contributed by atoms with van der Waals surface area (Å²) in [5.41, 5.74) is 2.88. The van der Waals surface area contributed by atoms with Gasteiger partial charge in [-0.25, -0.2) is 18.4 Å². The minimum atomic E-state index is -0.810. The standard InChI is InChI=1S/C34H42F2N2O4/c1-3-5-6-7-11-21-38(34(40)37-31-19-18-29(35)24-30(31)36)22-20-26-14-16-27(17-15-26)23-32(33(39)41-4-2)42-25-28-12-9-8-10-13-28/h8-10,12-19,24,32H,3-7,11,20-23,25H2,1-2H3,(H,37,40). The molecule has 0 saturated heterocycles. The number of benzene rings is 3. The van der Waals surface area contributed by atoms with Gasteiger partial charge in [-0.15, -0.1) is 0 Å². The van der Waals surface area contributed by atoms with Crippen LogP contribution in [-0.4, -0.2) is 42.7 Å². The van der Waals surface area contributed by atoms with Crippen molar-refractivity contribution in [2.75, 3.05) is 25.0 Å². The van der Waals surface area contributed by atoms with Gasteiger partial charge in [0.15, 0.2) is 6.10 Å². The number of nitrogens with zero attached hydrogens (tertiary/aromatic N) is 1. The van der Waals surface area contributed by atoms with Gasteiger partial charge in [0, 0.05) is 25.6 Å². The smallest absolute Gasteiger partial charge is 0.335 e. The van der Waals surface area contributed by atoms with Gasteiger partial charge in [-0.3, -0.25) is 0 Å². The second-order valence-corrected chi connectivity index (χ2v) is 10.3. The van der Waals surface area contributed by atoms with Crippen molar-refractivity contribution in [1.82, 2.24) is 4.90 Å². The van der Waals surface area contributed by atoms with E-state index in [0.717, 1.165) is 60.9 Å². The molecule has 226 valence electrons. The third-order valence-corrected chi connectivity index (χ3v) is 6.95. The average molecular weight is 581 g/mol. The molecule has 0 spiro atoms. The Bertz CT molecular complexity index is 1240. The zero-order valence-corrected chi connectivity index (χ0v) is 24.6. The Labute approximate surface area is 248 Å². The molecular formula is C34H42F2N2O4. The lowest BCUT2D eigenvalue weighted by Crippen LogP contribution is -2.37. The molecule has 3 aromatic carbocycles. The minimum absolute atomic E-state index is 0.0487. The summed E-state index contributed by atoms with van der Waals surface area (Å²) in [5, 5.41) is 2.59. The van der Waals surface area contributed by atoms with Gasteiger partial charge in [0.05, 0.1) is 18.9 Å². The molecule has 0 aliphatic carbocycles. The highest BCUT2D eigenvalue weighted by atomic mass is 19.1. The first-order chi connectivity index (χ1) is 20.4. The van der Waals surface area contributed by atoms with E-state index in [0.29, 0.717) is 32.5 Å². The Morgan fingerprint density at radius 1 is 0.833 bits per heavy atom. The summed E-state index contributed by atoms with van der Waals surface area (Å²) in [6.45, 7) is 5.48. The normalized spacial score (nSPS) is 11.6. The number of carbonyl (C=O) groups excluding carboxylic acids is 2. The Balaban J connectivity index is 1.60. The van der Waals surface area contributed by atoms with E-state index in [2.05, 4.69) is 12.2 Å². The number of unbranched alkanes of at least 4 members (excludes halogenated alkanes) is 4. The van der Waals surface area contributed by atoms with Crippen LogP contribution in [0.5, 0.6) is 0 Å². The van der Waals surface area contributed by atoms with E-state index in [1.165, 1.54) is 6.07 Å². The topological polar surface area (TPSA) is 67.9 Å². The second-order valence-electron chi connectivity index (χ2n) is 10.3. The number of hydrogen-bond acceptors (Lipinski definition) is 4. The lowest BCUT2D eigenvalue weighted by atomic mass is 10.0. The predicted molar refractivity (Wildman–Crippen MR) is 161 cm³/mol. The first kappa shape index (κ1) is 32.7. The highest BCUT2D eigenvalue weighted by molar-refractivity contribution is 5.89. The number of nitrogens with one attached hydrogen (secondary N) is 1. The third-order valence-electron chi connectivity index (χ3n) is 6.95. The molecule has 8 heteroatoms. The molecule has 0 bridgehead atoms. The van der Waals surface area contributed by atoms with E-state index >= 15 is 0 Å². The fourth-order valence-corrected chi connectivity index (χ4v) is 4.54. The van der Waals surface area contributed by atoms with Crippen LogP contribution in [0.15, 0.2) is 72.8 Å². The molecule has 42 heavy (non-hydrogen) atoms. The molecule has 0 radical (unpaired) electrons. The van der Waals surface area contributed by atoms with E-state index in [4.69, 9.17) is 9.47 Å². The second kappa shape index (κ2) is 17.9. The number of urea groups is 1. The van der Waals surface area contributed by atoms with Crippen molar-refractivity contribution in [1.29, 1.82) is 0 Å². The molecule has 0 heterocycles. The van der Waals surface area contributed by atoms with Crippen LogP contribution in [0.1, 0.15) is 62.6 Å². The van der Waals surface area contributed by atoms with Crippen molar-refractivity contribution < 1.29 is 27.8 Å². The zero-order chi connectivity index (χ0) is 30.2. The summed E-state index contributed by atoms with van der Waals surface area (Å²) in [6, 6.07) is 20.2. The highest BCUT2D eigenvalue weighted by Crippen LogP contribution is 2.17. The van der Waals surface area contributed by atoms with Gasteiger partial charge < -0.3 is 19.7 Å². The van der Waals surface area contributed by atoms with E-state index < -0.39 is 29.7 Å². The predicted octanol–water partition coefficient (Wildman–Crippen LogP) is 7.70. The van der Waals surface area contributed by atoms with Crippen molar-refractivity contribution in [2.24, 2.45) is 0 Å². The number of amides is 2. The largest absolute Gasteiger partial charge is 0.464 e. The van der Waals surface area contributed by atoms with E-state index in [-0.39, 0.29) is 12.3 Å². The third kappa shape index (κ3) is 11.2. The summed E-state index contributed by atoms with van der Waals surface area (Å²) in [7, 11) is 0. The summed E-state index contributed by atoms with van der Waals surface area (Å²) >= 11 is 0. The monoisotopic (exact) mass is 580 g/mol. The van der Waals surface area contributed by atoms with Crippen molar-refractivity contribution in [2.45, 2.75) is 71.5 Å². The number of hydrogen-bond donors (Lipinski definition) is 1. The first-order valence-corrected chi connectivity index (χ1v) is 14.8. The number of ether oxygens (including phenoxy) is 2. The lowest BCUT2D eigenvalue weighted by molar-refractivity contribution is -0.157. The fraction of sp³-hybridized carbons (Fsp3) is 0.412. The van der Waals surface area contributed by atoms with Crippen LogP contribution in [-0.2, 0) is 33.7 Å². The van der Waals surface area contributed by atoms with Crippen LogP contribution >= 0.6 is 0 Å². The molecule has 0 aliphatic rings. The number of esters is 1. The molecule has 1 atom stereocenters. The molecule has 0 aliphatic heterocycles. The van der Waals surface area contributed by atoms with Gasteiger partial charge in [-0.2, -0.15) is 0 Å². The Hall–Kier alpha value is -3.78. The molecule has 0 aromatic heterocycles. The van der Waals surface area contributed by atoms with Crippen LogP contribution in [0, 0.1) is 11.6 Å². The quantitative estimate of drug-likeness (QED) is 0.131. The van der Waals surface area contributed by atoms with Crippen LogP contribution in [0.3, 0.4) is 0 Å². The average Bonchev–Trinajstić information content (AvgIpc) is 2.99. The van der Waals surface area contributed by atoms with Crippen molar-refractivity contribution >= 4 is 17.7 Å². The van der Waals surface area contributed by atoms with Gasteiger partial charge >= 0.3 is 12.0 Å². The Morgan fingerprint density at radius 3 is 2.24 bits per heavy atom. The highest BCUT2D eigenvalue weighted by Gasteiger charge is 2.21. The number of anilines is 1. The molecule has 1 N–H and O–H groups in total. The van der Waals surface area contributed by atoms with Crippen LogP contribution in [0.25, 0.3) is 0 Å². The Morgan fingerprint density at radius 2 is 1.55 bits per heavy atom. The van der Waals surface area contributed by atoms with E-state index in [1.54, 1.807) is 11.8 Å². The zero-order valence-electron chi connectivity index (χ0n) is 24.6. The van der Waals surface area contributed by atoms with E-state index in [9.17, 15) is 18.4 Å². The molecule has 2 amide bonds. The maximum Gasteiger partial charge on any atom is 0.335 e. The molecule has 6 nitrogen and oxygen atoms in total. The lowest BCUT2D eigenvalue weighted by Gasteiger charge is -2.23. The van der Waals surface area contributed by atoms with Crippen LogP contribution in [0.2, 0.25) is 0 Å². The summed E-state index contributed by atoms with van der Waals surface area (Å²) in [6.07, 6.45) is 5.47. The summed E-state index contributed by atoms with van der Waals surface area (Å²) in [5.74, 6) is -1.90. The molecule has 0 saturated carbocycles. The summed E-state index contributed by atoms with van der Waals surface area (Å²) < 4.78 is 38.6. The summed E-state index contributed by atoms with van der Waals surface area (Å²) in [4.78, 5) is 27.3. The van der Waals surface area contributed by atoms with Crippen molar-refractivity contribution in [3.8, 4) is 0 Å². The molecule has 3 aromatic rings. The molecule has 1 unspecified atom stereocenters. The Kier molecular flexibility index (Phi) is 14.0. The number of halogens is 2. The van der Waals surface area contributed by atoms with Crippen molar-refractivity contribution in [3.63, 3.8) is 0 Å². The number of carbonyl (C=O) groups is 2. The van der Waals surface area contributed by atoms with E-state index in [1.807, 2.05) is 54.6 Å². The van der Waals surface area contributed by atoms with Gasteiger partial charge in [0.2, 0.25) is 0 Å². The molecule has 3 rings (SSSR count). The maximum absolute atomic E-state index is 14.2. The van der Waals surface area contributed by atoms with Gasteiger partial charge in [-0.05, 0) is 48.6 Å².